The molecule has 110 valence electrons. The number of allylic oxidation sites excluding steroid dienone is 1. The maximum absolute atomic E-state index is 6.06. The Hall–Kier alpha value is -2.68. The van der Waals surface area contributed by atoms with E-state index in [-0.39, 0.29) is 6.79 Å². The van der Waals surface area contributed by atoms with Gasteiger partial charge in [-0.15, -0.1) is 0 Å². The van der Waals surface area contributed by atoms with Gasteiger partial charge in [-0.05, 0) is 49.7 Å². The molecule has 0 bridgehead atoms. The third-order valence-electron chi connectivity index (χ3n) is 3.95. The Morgan fingerprint density at radius 1 is 1.00 bits per heavy atom. The first-order valence-electron chi connectivity index (χ1n) is 7.32. The van der Waals surface area contributed by atoms with Gasteiger partial charge >= 0.3 is 0 Å². The van der Waals surface area contributed by atoms with E-state index in [1.807, 2.05) is 37.3 Å². The third kappa shape index (κ3) is 1.98. The van der Waals surface area contributed by atoms with E-state index in [9.17, 15) is 0 Å². The van der Waals surface area contributed by atoms with Gasteiger partial charge in [0, 0.05) is 16.5 Å². The molecule has 0 fully saturated rings. The van der Waals surface area contributed by atoms with E-state index in [2.05, 4.69) is 25.1 Å². The quantitative estimate of drug-likeness (QED) is 0.653. The van der Waals surface area contributed by atoms with Crippen LogP contribution in [-0.4, -0.2) is 6.79 Å². The van der Waals surface area contributed by atoms with Crippen LogP contribution in [0, 0.1) is 6.92 Å². The molecular formula is C19H16O3. The molecule has 0 saturated carbocycles. The zero-order valence-electron chi connectivity index (χ0n) is 12.6. The molecular weight excluding hydrogens is 276 g/mol. The normalized spacial score (nSPS) is 13.4. The summed E-state index contributed by atoms with van der Waals surface area (Å²) in [6.07, 6.45) is 4.13. The fourth-order valence-corrected chi connectivity index (χ4v) is 2.85. The molecule has 0 saturated heterocycles. The Morgan fingerprint density at radius 3 is 2.73 bits per heavy atom. The maximum atomic E-state index is 6.06. The average molecular weight is 292 g/mol. The van der Waals surface area contributed by atoms with Crippen LogP contribution in [0.3, 0.4) is 0 Å². The van der Waals surface area contributed by atoms with Gasteiger partial charge in [0.1, 0.15) is 11.3 Å². The van der Waals surface area contributed by atoms with Crippen molar-refractivity contribution >= 4 is 17.0 Å². The van der Waals surface area contributed by atoms with E-state index < -0.39 is 0 Å². The first-order chi connectivity index (χ1) is 10.8. The molecule has 4 rings (SSSR count). The summed E-state index contributed by atoms with van der Waals surface area (Å²) < 4.78 is 16.9. The molecule has 2 heterocycles. The van der Waals surface area contributed by atoms with Crippen LogP contribution in [0.5, 0.6) is 11.5 Å². The summed E-state index contributed by atoms with van der Waals surface area (Å²) in [4.78, 5) is 0. The van der Waals surface area contributed by atoms with Crippen LogP contribution in [0.2, 0.25) is 0 Å². The van der Waals surface area contributed by atoms with Gasteiger partial charge in [-0.1, -0.05) is 18.2 Å². The summed E-state index contributed by atoms with van der Waals surface area (Å²) in [5.41, 5.74) is 4.22. The van der Waals surface area contributed by atoms with E-state index in [0.717, 1.165) is 39.4 Å². The lowest BCUT2D eigenvalue weighted by atomic mass is 10.0. The van der Waals surface area contributed by atoms with Gasteiger partial charge in [0.25, 0.3) is 0 Å². The second-order valence-electron chi connectivity index (χ2n) is 5.38. The predicted molar refractivity (Wildman–Crippen MR) is 87.2 cm³/mol. The highest BCUT2D eigenvalue weighted by molar-refractivity contribution is 5.89. The molecule has 3 aromatic rings. The van der Waals surface area contributed by atoms with E-state index in [1.54, 1.807) is 0 Å². The SMILES string of the molecule is CC=Cc1ccc2oc(-c3ccc4c(c3)OCO4)c(C)c2c1. The highest BCUT2D eigenvalue weighted by atomic mass is 16.7. The number of fused-ring (bicyclic) bond motifs is 2. The first-order valence-corrected chi connectivity index (χ1v) is 7.32. The number of aryl methyl sites for hydroxylation is 1. The average Bonchev–Trinajstić information content (AvgIpc) is 3.12. The number of benzene rings is 2. The Morgan fingerprint density at radius 2 is 1.86 bits per heavy atom. The first kappa shape index (κ1) is 13.0. The van der Waals surface area contributed by atoms with Crippen molar-refractivity contribution in [3.63, 3.8) is 0 Å². The molecule has 0 atom stereocenters. The van der Waals surface area contributed by atoms with Gasteiger partial charge in [0.05, 0.1) is 0 Å². The highest BCUT2D eigenvalue weighted by Crippen LogP contribution is 2.39. The largest absolute Gasteiger partial charge is 0.456 e. The van der Waals surface area contributed by atoms with Crippen LogP contribution in [0.25, 0.3) is 28.4 Å². The minimum atomic E-state index is 0.282. The molecule has 0 N–H and O–H groups in total. The van der Waals surface area contributed by atoms with Crippen LogP contribution in [0.1, 0.15) is 18.1 Å². The summed E-state index contributed by atoms with van der Waals surface area (Å²) in [6.45, 7) is 4.39. The molecule has 3 heteroatoms. The lowest BCUT2D eigenvalue weighted by molar-refractivity contribution is 0.174. The monoisotopic (exact) mass is 292 g/mol. The Labute approximate surface area is 128 Å². The van der Waals surface area contributed by atoms with Crippen molar-refractivity contribution in [3.05, 3.63) is 53.6 Å². The third-order valence-corrected chi connectivity index (χ3v) is 3.95. The highest BCUT2D eigenvalue weighted by Gasteiger charge is 2.18. The van der Waals surface area contributed by atoms with Gasteiger partial charge in [0.15, 0.2) is 11.5 Å². The number of ether oxygens (including phenoxy) is 2. The lowest BCUT2D eigenvalue weighted by Gasteiger charge is -2.01. The van der Waals surface area contributed by atoms with Crippen molar-refractivity contribution in [2.24, 2.45) is 0 Å². The van der Waals surface area contributed by atoms with Gasteiger partial charge in [-0.3, -0.25) is 0 Å². The fraction of sp³-hybridized carbons (Fsp3) is 0.158. The topological polar surface area (TPSA) is 31.6 Å². The molecule has 2 aromatic carbocycles. The van der Waals surface area contributed by atoms with Crippen molar-refractivity contribution < 1.29 is 13.9 Å². The van der Waals surface area contributed by atoms with Crippen LogP contribution in [0.4, 0.5) is 0 Å². The molecule has 1 aromatic heterocycles. The van der Waals surface area contributed by atoms with Gasteiger partial charge in [-0.25, -0.2) is 0 Å². The minimum absolute atomic E-state index is 0.282. The van der Waals surface area contributed by atoms with Crippen LogP contribution >= 0.6 is 0 Å². The van der Waals surface area contributed by atoms with Crippen molar-refractivity contribution in [3.8, 4) is 22.8 Å². The zero-order chi connectivity index (χ0) is 15.1. The summed E-state index contributed by atoms with van der Waals surface area (Å²) >= 11 is 0. The number of furan rings is 1. The smallest absolute Gasteiger partial charge is 0.231 e. The maximum Gasteiger partial charge on any atom is 0.231 e. The van der Waals surface area contributed by atoms with Crippen molar-refractivity contribution in [1.29, 1.82) is 0 Å². The Bertz CT molecular complexity index is 887. The molecule has 22 heavy (non-hydrogen) atoms. The zero-order valence-corrected chi connectivity index (χ0v) is 12.6. The van der Waals surface area contributed by atoms with Crippen molar-refractivity contribution in [2.75, 3.05) is 6.79 Å². The fourth-order valence-electron chi connectivity index (χ4n) is 2.85. The lowest BCUT2D eigenvalue weighted by Crippen LogP contribution is -1.92. The Balaban J connectivity index is 1.86. The predicted octanol–water partition coefficient (Wildman–Crippen LogP) is 5.17. The van der Waals surface area contributed by atoms with Gasteiger partial charge in [0.2, 0.25) is 6.79 Å². The molecule has 0 unspecified atom stereocenters. The van der Waals surface area contributed by atoms with Crippen molar-refractivity contribution in [2.45, 2.75) is 13.8 Å². The summed E-state index contributed by atoms with van der Waals surface area (Å²) in [5, 5.41) is 1.14. The molecule has 0 amide bonds. The minimum Gasteiger partial charge on any atom is -0.456 e. The summed E-state index contributed by atoms with van der Waals surface area (Å²) in [5.74, 6) is 2.44. The van der Waals surface area contributed by atoms with Crippen molar-refractivity contribution in [1.82, 2.24) is 0 Å². The molecule has 1 aliphatic rings. The molecule has 0 radical (unpaired) electrons. The Kier molecular flexibility index (Phi) is 2.93. The molecule has 0 aliphatic carbocycles. The molecule has 3 nitrogen and oxygen atoms in total. The summed E-state index contributed by atoms with van der Waals surface area (Å²) in [7, 11) is 0. The standard InChI is InChI=1S/C19H16O3/c1-3-4-13-5-7-16-15(9-13)12(2)19(22-16)14-6-8-17-18(10-14)21-11-20-17/h3-10H,11H2,1-2H3. The van der Waals surface area contributed by atoms with Crippen LogP contribution < -0.4 is 9.47 Å². The molecule has 0 spiro atoms. The number of hydrogen-bond donors (Lipinski definition) is 0. The second kappa shape index (κ2) is 4.95. The van der Waals surface area contributed by atoms with E-state index in [4.69, 9.17) is 13.9 Å². The van der Waals surface area contributed by atoms with E-state index in [1.165, 1.54) is 5.56 Å². The molecule has 1 aliphatic heterocycles. The van der Waals surface area contributed by atoms with Crippen LogP contribution in [0.15, 0.2) is 46.9 Å². The van der Waals surface area contributed by atoms with E-state index in [0.29, 0.717) is 0 Å². The van der Waals surface area contributed by atoms with Gasteiger partial charge in [-0.2, -0.15) is 0 Å². The second-order valence-corrected chi connectivity index (χ2v) is 5.38. The number of rotatable bonds is 2. The summed E-state index contributed by atoms with van der Waals surface area (Å²) in [6, 6.07) is 12.1. The van der Waals surface area contributed by atoms with Gasteiger partial charge < -0.3 is 13.9 Å². The van der Waals surface area contributed by atoms with Crippen LogP contribution in [-0.2, 0) is 0 Å². The van der Waals surface area contributed by atoms with E-state index >= 15 is 0 Å². The number of hydrogen-bond acceptors (Lipinski definition) is 3.